The number of phenols is 1. The summed E-state index contributed by atoms with van der Waals surface area (Å²) >= 11 is 8.87. The summed E-state index contributed by atoms with van der Waals surface area (Å²) in [5.74, 6) is -0.929. The van der Waals surface area contributed by atoms with E-state index in [2.05, 4.69) is 15.9 Å². The Kier molecular flexibility index (Phi) is 3.90. The van der Waals surface area contributed by atoms with Crippen molar-refractivity contribution in [1.82, 2.24) is 0 Å². The third kappa shape index (κ3) is 2.36. The van der Waals surface area contributed by atoms with E-state index in [-0.39, 0.29) is 20.8 Å². The number of aromatic hydroxyl groups is 1. The number of hydrogen-bond acceptors (Lipinski definition) is 2. The van der Waals surface area contributed by atoms with Gasteiger partial charge in [0, 0.05) is 0 Å². The van der Waals surface area contributed by atoms with Gasteiger partial charge in [-0.05, 0) is 27.6 Å². The zero-order chi connectivity index (χ0) is 13.3. The van der Waals surface area contributed by atoms with Crippen molar-refractivity contribution in [3.63, 3.8) is 0 Å². The van der Waals surface area contributed by atoms with Crippen molar-refractivity contribution in [2.24, 2.45) is 5.73 Å². The van der Waals surface area contributed by atoms with Gasteiger partial charge in [-0.25, -0.2) is 4.39 Å². The van der Waals surface area contributed by atoms with Crippen LogP contribution in [-0.4, -0.2) is 5.11 Å². The SMILES string of the molecule is NC(c1ccccc1)c1c(O)c(Cl)cc(Br)c1F. The molecule has 0 spiro atoms. The van der Waals surface area contributed by atoms with Crippen molar-refractivity contribution >= 4 is 27.5 Å². The standard InChI is InChI=1S/C13H10BrClFNO/c14-8-6-9(15)13(18)10(11(8)16)12(17)7-4-2-1-3-5-7/h1-6,12,18H,17H2. The van der Waals surface area contributed by atoms with E-state index >= 15 is 0 Å². The van der Waals surface area contributed by atoms with Gasteiger partial charge in [-0.15, -0.1) is 0 Å². The maximum absolute atomic E-state index is 14.0. The minimum atomic E-state index is -0.777. The molecule has 0 amide bonds. The lowest BCUT2D eigenvalue weighted by atomic mass is 9.98. The van der Waals surface area contributed by atoms with Gasteiger partial charge in [-0.3, -0.25) is 0 Å². The molecule has 2 aromatic carbocycles. The summed E-state index contributed by atoms with van der Waals surface area (Å²) in [4.78, 5) is 0. The number of nitrogens with two attached hydrogens (primary N) is 1. The Hall–Kier alpha value is -1.10. The van der Waals surface area contributed by atoms with Crippen molar-refractivity contribution in [1.29, 1.82) is 0 Å². The third-order valence-electron chi connectivity index (χ3n) is 2.65. The second kappa shape index (κ2) is 5.26. The molecule has 5 heteroatoms. The Labute approximate surface area is 117 Å². The van der Waals surface area contributed by atoms with Crippen LogP contribution >= 0.6 is 27.5 Å². The first-order valence-corrected chi connectivity index (χ1v) is 6.36. The first kappa shape index (κ1) is 13.3. The average Bonchev–Trinajstić information content (AvgIpc) is 2.37. The number of halogens is 3. The fourth-order valence-corrected chi connectivity index (χ4v) is 2.50. The molecule has 0 bridgehead atoms. The monoisotopic (exact) mass is 329 g/mol. The van der Waals surface area contributed by atoms with Gasteiger partial charge in [0.1, 0.15) is 11.6 Å². The Morgan fingerprint density at radius 2 is 1.89 bits per heavy atom. The largest absolute Gasteiger partial charge is 0.506 e. The van der Waals surface area contributed by atoms with Gasteiger partial charge >= 0.3 is 0 Å². The summed E-state index contributed by atoms with van der Waals surface area (Å²) in [6, 6.07) is 9.47. The first-order valence-electron chi connectivity index (χ1n) is 5.19. The predicted octanol–water partition coefficient (Wildman–Crippen LogP) is 4.00. The molecule has 1 atom stereocenters. The van der Waals surface area contributed by atoms with Crippen LogP contribution in [0.5, 0.6) is 5.75 Å². The van der Waals surface area contributed by atoms with Crippen LogP contribution in [0.3, 0.4) is 0 Å². The van der Waals surface area contributed by atoms with Crippen LogP contribution in [-0.2, 0) is 0 Å². The Balaban J connectivity index is 2.58. The van der Waals surface area contributed by atoms with Crippen molar-refractivity contribution < 1.29 is 9.50 Å². The topological polar surface area (TPSA) is 46.2 Å². The molecule has 0 saturated heterocycles. The van der Waals surface area contributed by atoms with E-state index in [9.17, 15) is 9.50 Å². The summed E-state index contributed by atoms with van der Waals surface area (Å²) in [5, 5.41) is 9.92. The minimum absolute atomic E-state index is 0.0134. The summed E-state index contributed by atoms with van der Waals surface area (Å²) in [7, 11) is 0. The normalized spacial score (nSPS) is 12.4. The molecule has 2 aromatic rings. The molecule has 0 radical (unpaired) electrons. The maximum atomic E-state index is 14.0. The predicted molar refractivity (Wildman–Crippen MR) is 73.2 cm³/mol. The van der Waals surface area contributed by atoms with Crippen molar-refractivity contribution in [2.75, 3.05) is 0 Å². The second-order valence-electron chi connectivity index (χ2n) is 3.80. The van der Waals surface area contributed by atoms with E-state index in [0.717, 1.165) is 0 Å². The van der Waals surface area contributed by atoms with Crippen molar-refractivity contribution in [2.45, 2.75) is 6.04 Å². The molecule has 0 heterocycles. The number of rotatable bonds is 2. The fraction of sp³-hybridized carbons (Fsp3) is 0.0769. The van der Waals surface area contributed by atoms with Crippen LogP contribution in [0.4, 0.5) is 4.39 Å². The summed E-state index contributed by atoms with van der Waals surface area (Å²) in [6.07, 6.45) is 0. The zero-order valence-electron chi connectivity index (χ0n) is 9.20. The number of benzene rings is 2. The molecule has 0 aliphatic carbocycles. The highest BCUT2D eigenvalue weighted by molar-refractivity contribution is 9.10. The molecule has 0 aromatic heterocycles. The first-order chi connectivity index (χ1) is 8.52. The van der Waals surface area contributed by atoms with Gasteiger partial charge < -0.3 is 10.8 Å². The lowest BCUT2D eigenvalue weighted by Gasteiger charge is -2.16. The Morgan fingerprint density at radius 3 is 2.50 bits per heavy atom. The van der Waals surface area contributed by atoms with Gasteiger partial charge in [0.25, 0.3) is 0 Å². The molecule has 1 unspecified atom stereocenters. The molecule has 3 N–H and O–H groups in total. The molecule has 2 rings (SSSR count). The van der Waals surface area contributed by atoms with Crippen LogP contribution in [0.15, 0.2) is 40.9 Å². The van der Waals surface area contributed by atoms with Gasteiger partial charge in [-0.1, -0.05) is 41.9 Å². The molecule has 0 aliphatic heterocycles. The van der Waals surface area contributed by atoms with Gasteiger partial charge in [-0.2, -0.15) is 0 Å². The fourth-order valence-electron chi connectivity index (χ4n) is 1.72. The zero-order valence-corrected chi connectivity index (χ0v) is 11.5. The van der Waals surface area contributed by atoms with Crippen LogP contribution in [0, 0.1) is 5.82 Å². The highest BCUT2D eigenvalue weighted by atomic mass is 79.9. The highest BCUT2D eigenvalue weighted by Crippen LogP contribution is 2.39. The van der Waals surface area contributed by atoms with Crippen molar-refractivity contribution in [3.8, 4) is 5.75 Å². The van der Waals surface area contributed by atoms with Crippen LogP contribution in [0.1, 0.15) is 17.2 Å². The smallest absolute Gasteiger partial charge is 0.146 e. The Bertz CT molecular complexity index is 551. The van der Waals surface area contributed by atoms with Crippen molar-refractivity contribution in [3.05, 3.63) is 62.8 Å². The van der Waals surface area contributed by atoms with Crippen LogP contribution in [0.25, 0.3) is 0 Å². The quantitative estimate of drug-likeness (QED) is 0.818. The lowest BCUT2D eigenvalue weighted by Crippen LogP contribution is -2.14. The average molecular weight is 331 g/mol. The third-order valence-corrected chi connectivity index (χ3v) is 3.52. The van der Waals surface area contributed by atoms with E-state index < -0.39 is 11.9 Å². The molecule has 94 valence electrons. The number of hydrogen-bond donors (Lipinski definition) is 2. The minimum Gasteiger partial charge on any atom is -0.506 e. The highest BCUT2D eigenvalue weighted by Gasteiger charge is 2.22. The van der Waals surface area contributed by atoms with Crippen LogP contribution < -0.4 is 5.73 Å². The summed E-state index contributed by atoms with van der Waals surface area (Å²) in [6.45, 7) is 0. The summed E-state index contributed by atoms with van der Waals surface area (Å²) in [5.41, 5.74) is 6.66. The van der Waals surface area contributed by atoms with Crippen LogP contribution in [0.2, 0.25) is 5.02 Å². The molecule has 2 nitrogen and oxygen atoms in total. The molecular formula is C13H10BrClFNO. The maximum Gasteiger partial charge on any atom is 0.146 e. The van der Waals surface area contributed by atoms with Gasteiger partial charge in [0.05, 0.1) is 21.1 Å². The molecular weight excluding hydrogens is 321 g/mol. The van der Waals surface area contributed by atoms with E-state index in [0.29, 0.717) is 5.56 Å². The molecule has 18 heavy (non-hydrogen) atoms. The molecule has 0 fully saturated rings. The van der Waals surface area contributed by atoms with Gasteiger partial charge in [0.2, 0.25) is 0 Å². The van der Waals surface area contributed by atoms with E-state index in [1.165, 1.54) is 6.07 Å². The Morgan fingerprint density at radius 1 is 1.28 bits per heavy atom. The number of phenolic OH excluding ortho intramolecular Hbond substituents is 1. The summed E-state index contributed by atoms with van der Waals surface area (Å²) < 4.78 is 14.2. The second-order valence-corrected chi connectivity index (χ2v) is 5.07. The van der Waals surface area contributed by atoms with E-state index in [1.807, 2.05) is 6.07 Å². The van der Waals surface area contributed by atoms with E-state index in [4.69, 9.17) is 17.3 Å². The molecule has 0 saturated carbocycles. The lowest BCUT2D eigenvalue weighted by molar-refractivity contribution is 0.454. The van der Waals surface area contributed by atoms with Gasteiger partial charge in [0.15, 0.2) is 0 Å². The molecule has 0 aliphatic rings. The van der Waals surface area contributed by atoms with E-state index in [1.54, 1.807) is 24.3 Å².